The van der Waals surface area contributed by atoms with E-state index in [1.165, 1.54) is 6.20 Å². The Labute approximate surface area is 105 Å². The summed E-state index contributed by atoms with van der Waals surface area (Å²) in [5, 5.41) is 6.32. The molecule has 7 nitrogen and oxygen atoms in total. The van der Waals surface area contributed by atoms with Crippen LogP contribution in [0.5, 0.6) is 0 Å². The first-order chi connectivity index (χ1) is 8.54. The van der Waals surface area contributed by atoms with Gasteiger partial charge in [0, 0.05) is 12.4 Å². The minimum Gasteiger partial charge on any atom is -0.347 e. The minimum absolute atomic E-state index is 0.160. The number of aromatic nitrogens is 4. The molecule has 3 N–H and O–H groups in total. The van der Waals surface area contributed by atoms with Gasteiger partial charge >= 0.3 is 0 Å². The molecule has 0 fully saturated rings. The van der Waals surface area contributed by atoms with Gasteiger partial charge in [-0.2, -0.15) is 5.10 Å². The van der Waals surface area contributed by atoms with Crippen LogP contribution >= 0.6 is 0 Å². The number of sulfonamides is 1. The molecule has 0 saturated heterocycles. The smallest absolute Gasteiger partial charge is 0.244 e. The van der Waals surface area contributed by atoms with Crippen LogP contribution in [0.25, 0.3) is 0 Å². The van der Waals surface area contributed by atoms with Gasteiger partial charge in [-0.25, -0.2) is 18.1 Å². The summed E-state index contributed by atoms with van der Waals surface area (Å²) in [4.78, 5) is 7.14. The number of aromatic amines is 2. The van der Waals surface area contributed by atoms with Gasteiger partial charge in [0.15, 0.2) is 0 Å². The first-order valence-corrected chi connectivity index (χ1v) is 7.04. The normalized spacial score (nSPS) is 13.7. The lowest BCUT2D eigenvalue weighted by molar-refractivity contribution is 0.539. The molecule has 98 valence electrons. The van der Waals surface area contributed by atoms with Gasteiger partial charge in [0.25, 0.3) is 0 Å². The standard InChI is InChI=1S/C10H15N5O2S/c1-3-8(10-11-4-5-12-10)15-18(16,17)9-6-13-14-7(9)2/h4-6,8,15H,3H2,1-2H3,(H,11,12)(H,13,14). The highest BCUT2D eigenvalue weighted by atomic mass is 32.2. The van der Waals surface area contributed by atoms with Crippen LogP contribution < -0.4 is 4.72 Å². The van der Waals surface area contributed by atoms with Gasteiger partial charge in [-0.3, -0.25) is 5.10 Å². The summed E-state index contributed by atoms with van der Waals surface area (Å²) in [5.41, 5.74) is 0.511. The zero-order valence-corrected chi connectivity index (χ0v) is 11.0. The second-order valence-electron chi connectivity index (χ2n) is 3.92. The van der Waals surface area contributed by atoms with Crippen molar-refractivity contribution in [2.45, 2.75) is 31.2 Å². The molecular weight excluding hydrogens is 254 g/mol. The molecule has 0 spiro atoms. The van der Waals surface area contributed by atoms with Crippen molar-refractivity contribution in [1.29, 1.82) is 0 Å². The largest absolute Gasteiger partial charge is 0.347 e. The van der Waals surface area contributed by atoms with E-state index in [4.69, 9.17) is 0 Å². The number of nitrogens with one attached hydrogen (secondary N) is 3. The van der Waals surface area contributed by atoms with Crippen LogP contribution in [0.2, 0.25) is 0 Å². The van der Waals surface area contributed by atoms with Gasteiger partial charge < -0.3 is 4.98 Å². The van der Waals surface area contributed by atoms with Crippen LogP contribution in [0, 0.1) is 6.92 Å². The van der Waals surface area contributed by atoms with Crippen LogP contribution in [0.3, 0.4) is 0 Å². The summed E-state index contributed by atoms with van der Waals surface area (Å²) in [6, 6.07) is -0.376. The number of H-pyrrole nitrogens is 2. The van der Waals surface area contributed by atoms with Crippen LogP contribution in [0.4, 0.5) is 0 Å². The van der Waals surface area contributed by atoms with E-state index in [0.29, 0.717) is 17.9 Å². The molecule has 0 aliphatic carbocycles. The molecule has 2 aromatic heterocycles. The highest BCUT2D eigenvalue weighted by Gasteiger charge is 2.24. The van der Waals surface area contributed by atoms with Crippen molar-refractivity contribution in [3.05, 3.63) is 30.1 Å². The Kier molecular flexibility index (Phi) is 3.48. The van der Waals surface area contributed by atoms with Crippen molar-refractivity contribution in [2.75, 3.05) is 0 Å². The first-order valence-electron chi connectivity index (χ1n) is 5.56. The Morgan fingerprint density at radius 3 is 2.78 bits per heavy atom. The number of rotatable bonds is 5. The zero-order chi connectivity index (χ0) is 13.2. The third-order valence-electron chi connectivity index (χ3n) is 2.63. The lowest BCUT2D eigenvalue weighted by Gasteiger charge is -2.14. The molecule has 0 aliphatic rings. The average Bonchev–Trinajstić information content (AvgIpc) is 2.96. The fourth-order valence-corrected chi connectivity index (χ4v) is 3.08. The highest BCUT2D eigenvalue weighted by molar-refractivity contribution is 7.89. The summed E-state index contributed by atoms with van der Waals surface area (Å²) in [5.74, 6) is 0.599. The third-order valence-corrected chi connectivity index (χ3v) is 4.21. The Morgan fingerprint density at radius 1 is 1.50 bits per heavy atom. The summed E-state index contributed by atoms with van der Waals surface area (Å²) >= 11 is 0. The Hall–Kier alpha value is -1.67. The molecule has 2 aromatic rings. The van der Waals surface area contributed by atoms with Gasteiger partial charge in [0.05, 0.1) is 17.9 Å². The molecule has 0 saturated carbocycles. The molecule has 1 unspecified atom stereocenters. The summed E-state index contributed by atoms with van der Waals surface area (Å²) in [6.07, 6.45) is 5.15. The minimum atomic E-state index is -3.59. The van der Waals surface area contributed by atoms with Crippen LogP contribution in [-0.4, -0.2) is 28.6 Å². The van der Waals surface area contributed by atoms with Gasteiger partial charge in [0.1, 0.15) is 10.7 Å². The molecule has 8 heteroatoms. The maximum absolute atomic E-state index is 12.2. The van der Waals surface area contributed by atoms with Crippen molar-refractivity contribution >= 4 is 10.0 Å². The predicted molar refractivity (Wildman–Crippen MR) is 65.3 cm³/mol. The van der Waals surface area contributed by atoms with Crippen LogP contribution in [0.1, 0.15) is 30.9 Å². The van der Waals surface area contributed by atoms with E-state index in [-0.39, 0.29) is 10.9 Å². The molecule has 0 radical (unpaired) electrons. The van der Waals surface area contributed by atoms with Crippen LogP contribution in [-0.2, 0) is 10.0 Å². The van der Waals surface area contributed by atoms with E-state index < -0.39 is 10.0 Å². The van der Waals surface area contributed by atoms with Crippen molar-refractivity contribution in [3.63, 3.8) is 0 Å². The van der Waals surface area contributed by atoms with Crippen LogP contribution in [0.15, 0.2) is 23.5 Å². The molecule has 0 amide bonds. The Morgan fingerprint density at radius 2 is 2.28 bits per heavy atom. The van der Waals surface area contributed by atoms with E-state index >= 15 is 0 Å². The lowest BCUT2D eigenvalue weighted by atomic mass is 10.2. The molecule has 2 heterocycles. The molecule has 18 heavy (non-hydrogen) atoms. The first kappa shape index (κ1) is 12.8. The molecular formula is C10H15N5O2S. The Bertz CT molecular complexity index is 602. The summed E-state index contributed by atoms with van der Waals surface area (Å²) in [6.45, 7) is 3.55. The quantitative estimate of drug-likeness (QED) is 0.749. The predicted octanol–water partition coefficient (Wildman–Crippen LogP) is 0.871. The van der Waals surface area contributed by atoms with Crippen molar-refractivity contribution in [3.8, 4) is 0 Å². The summed E-state index contributed by atoms with van der Waals surface area (Å²) in [7, 11) is -3.59. The highest BCUT2D eigenvalue weighted by Crippen LogP contribution is 2.18. The Balaban J connectivity index is 2.25. The van der Waals surface area contributed by atoms with Gasteiger partial charge in [-0.15, -0.1) is 0 Å². The van der Waals surface area contributed by atoms with E-state index in [0.717, 1.165) is 0 Å². The number of imidazole rings is 1. The number of hydrogen-bond acceptors (Lipinski definition) is 4. The zero-order valence-electron chi connectivity index (χ0n) is 10.1. The molecule has 1 atom stereocenters. The lowest BCUT2D eigenvalue weighted by Crippen LogP contribution is -2.29. The maximum atomic E-state index is 12.2. The molecule has 0 bridgehead atoms. The second-order valence-corrected chi connectivity index (χ2v) is 5.60. The van der Waals surface area contributed by atoms with E-state index in [1.54, 1.807) is 19.3 Å². The number of aryl methyl sites for hydroxylation is 1. The maximum Gasteiger partial charge on any atom is 0.244 e. The summed E-state index contributed by atoms with van der Waals surface area (Å²) < 4.78 is 26.9. The second kappa shape index (κ2) is 4.91. The third kappa shape index (κ3) is 2.44. The van der Waals surface area contributed by atoms with E-state index in [1.807, 2.05) is 6.92 Å². The fraction of sp³-hybridized carbons (Fsp3) is 0.400. The monoisotopic (exact) mass is 269 g/mol. The fourth-order valence-electron chi connectivity index (χ4n) is 1.66. The number of nitrogens with zero attached hydrogens (tertiary/aromatic N) is 2. The van der Waals surface area contributed by atoms with Gasteiger partial charge in [0.2, 0.25) is 10.0 Å². The molecule has 0 aromatic carbocycles. The number of hydrogen-bond donors (Lipinski definition) is 3. The molecule has 2 rings (SSSR count). The van der Waals surface area contributed by atoms with E-state index in [9.17, 15) is 8.42 Å². The van der Waals surface area contributed by atoms with Crippen molar-refractivity contribution in [1.82, 2.24) is 24.9 Å². The van der Waals surface area contributed by atoms with Crippen molar-refractivity contribution in [2.24, 2.45) is 0 Å². The topological polar surface area (TPSA) is 104 Å². The van der Waals surface area contributed by atoms with Gasteiger partial charge in [-0.1, -0.05) is 6.92 Å². The van der Waals surface area contributed by atoms with Gasteiger partial charge in [-0.05, 0) is 13.3 Å². The van der Waals surface area contributed by atoms with E-state index in [2.05, 4.69) is 24.9 Å². The average molecular weight is 269 g/mol. The molecule has 0 aliphatic heterocycles. The SMILES string of the molecule is CCC(NS(=O)(=O)c1cn[nH]c1C)c1ncc[nH]1. The van der Waals surface area contributed by atoms with Crippen molar-refractivity contribution < 1.29 is 8.42 Å².